The number of nitrogens with one attached hydrogen (secondary N) is 2. The van der Waals surface area contributed by atoms with Gasteiger partial charge in [-0.2, -0.15) is 0 Å². The highest BCUT2D eigenvalue weighted by Crippen LogP contribution is 2.38. The minimum absolute atomic E-state index is 0.0647. The number of fused-ring (bicyclic) bond motifs is 1. The molecular formula is C30H35F2N7O4S. The van der Waals surface area contributed by atoms with Crippen LogP contribution in [0.25, 0.3) is 11.2 Å². The van der Waals surface area contributed by atoms with Crippen molar-refractivity contribution >= 4 is 44.0 Å². The molecule has 3 aromatic heterocycles. The molecule has 0 amide bonds. The van der Waals surface area contributed by atoms with Gasteiger partial charge in [0.1, 0.15) is 29.2 Å². The second-order valence-corrected chi connectivity index (χ2v) is 13.2. The molecule has 0 saturated carbocycles. The number of rotatable bonds is 8. The highest BCUT2D eigenvalue weighted by molar-refractivity contribution is 7.90. The maximum atomic E-state index is 14.4. The number of hydrogen-bond donors (Lipinski definition) is 2. The SMILES string of the molecule is Cc1cc(Nc2cc(Nc3ccc([C@H]4CCCCO4)cc3S(C)(=O)=O)c3nc(C(F)F)n(C4CCCCO4)c3n2)nc(C)n1. The smallest absolute Gasteiger partial charge is 0.295 e. The second kappa shape index (κ2) is 12.3. The van der Waals surface area contributed by atoms with E-state index in [-0.39, 0.29) is 27.9 Å². The van der Waals surface area contributed by atoms with Gasteiger partial charge in [0.05, 0.1) is 22.4 Å². The van der Waals surface area contributed by atoms with E-state index >= 15 is 0 Å². The van der Waals surface area contributed by atoms with E-state index in [0.29, 0.717) is 42.8 Å². The number of alkyl halides is 2. The fraction of sp³-hybridized carbons (Fsp3) is 0.467. The molecule has 0 aliphatic carbocycles. The van der Waals surface area contributed by atoms with E-state index < -0.39 is 28.3 Å². The van der Waals surface area contributed by atoms with Crippen molar-refractivity contribution in [2.24, 2.45) is 0 Å². The highest BCUT2D eigenvalue weighted by Gasteiger charge is 2.30. The zero-order valence-electron chi connectivity index (χ0n) is 24.8. The molecule has 44 heavy (non-hydrogen) atoms. The van der Waals surface area contributed by atoms with Gasteiger partial charge in [0.2, 0.25) is 0 Å². The monoisotopic (exact) mass is 627 g/mol. The third kappa shape index (κ3) is 6.37. The second-order valence-electron chi connectivity index (χ2n) is 11.3. The van der Waals surface area contributed by atoms with Crippen LogP contribution in [0.5, 0.6) is 0 Å². The Morgan fingerprint density at radius 3 is 2.30 bits per heavy atom. The van der Waals surface area contributed by atoms with Crippen LogP contribution in [-0.2, 0) is 19.3 Å². The predicted molar refractivity (Wildman–Crippen MR) is 161 cm³/mol. The molecule has 2 aliphatic heterocycles. The van der Waals surface area contributed by atoms with E-state index in [0.717, 1.165) is 49.6 Å². The van der Waals surface area contributed by atoms with Crippen LogP contribution < -0.4 is 10.6 Å². The first-order valence-corrected chi connectivity index (χ1v) is 16.6. The predicted octanol–water partition coefficient (Wildman–Crippen LogP) is 6.61. The lowest BCUT2D eigenvalue weighted by Gasteiger charge is -2.25. The number of aromatic nitrogens is 5. The Morgan fingerprint density at radius 2 is 1.64 bits per heavy atom. The van der Waals surface area contributed by atoms with E-state index in [4.69, 9.17) is 14.5 Å². The average molecular weight is 628 g/mol. The molecule has 2 atom stereocenters. The molecule has 14 heteroatoms. The van der Waals surface area contributed by atoms with Gasteiger partial charge in [0.15, 0.2) is 21.3 Å². The molecule has 5 heterocycles. The normalized spacial score (nSPS) is 19.4. The van der Waals surface area contributed by atoms with Crippen LogP contribution in [0.4, 0.5) is 31.8 Å². The maximum Gasteiger partial charge on any atom is 0.295 e. The molecular weight excluding hydrogens is 592 g/mol. The number of nitrogens with zero attached hydrogens (tertiary/aromatic N) is 5. The van der Waals surface area contributed by atoms with Crippen molar-refractivity contribution in [1.82, 2.24) is 24.5 Å². The van der Waals surface area contributed by atoms with Crippen molar-refractivity contribution in [3.8, 4) is 0 Å². The van der Waals surface area contributed by atoms with Gasteiger partial charge in [-0.15, -0.1) is 0 Å². The first kappa shape index (κ1) is 30.3. The van der Waals surface area contributed by atoms with E-state index in [9.17, 15) is 17.2 Å². The summed E-state index contributed by atoms with van der Waals surface area (Å²) in [6.45, 7) is 4.66. The van der Waals surface area contributed by atoms with Crippen molar-refractivity contribution in [2.75, 3.05) is 30.1 Å². The summed E-state index contributed by atoms with van der Waals surface area (Å²) in [6, 6.07) is 8.47. The number of anilines is 4. The zero-order chi connectivity index (χ0) is 31.0. The lowest BCUT2D eigenvalue weighted by molar-refractivity contribution is -0.0363. The summed E-state index contributed by atoms with van der Waals surface area (Å²) in [7, 11) is -3.70. The van der Waals surface area contributed by atoms with Gasteiger partial charge in [-0.25, -0.2) is 37.1 Å². The van der Waals surface area contributed by atoms with Gasteiger partial charge in [0, 0.05) is 37.3 Å². The first-order chi connectivity index (χ1) is 21.1. The van der Waals surface area contributed by atoms with Crippen LogP contribution in [0.3, 0.4) is 0 Å². The summed E-state index contributed by atoms with van der Waals surface area (Å²) in [4.78, 5) is 17.8. The fourth-order valence-electron chi connectivity index (χ4n) is 5.81. The molecule has 0 bridgehead atoms. The quantitative estimate of drug-likeness (QED) is 0.220. The number of imidazole rings is 1. The van der Waals surface area contributed by atoms with Crippen LogP contribution >= 0.6 is 0 Å². The molecule has 2 aliphatic rings. The van der Waals surface area contributed by atoms with Gasteiger partial charge in [-0.05, 0) is 70.1 Å². The van der Waals surface area contributed by atoms with Gasteiger partial charge >= 0.3 is 0 Å². The number of pyridine rings is 1. The standard InChI is InChI=1S/C30H35F2N7O4S/c1-17-14-24(34-18(2)33-17)36-25-16-21(27-29(37-25)39(30(38-27)28(31)32)26-9-5-7-13-43-26)35-20-11-10-19(15-23(20)44(3,40)41)22-8-4-6-12-42-22/h10-11,14-16,22,26,28H,4-9,12-13H2,1-3H3,(H2,33,34,35,36,37)/t22-,26?/m1/s1. The van der Waals surface area contributed by atoms with Crippen molar-refractivity contribution in [3.05, 3.63) is 53.2 Å². The van der Waals surface area contributed by atoms with E-state index in [1.165, 1.54) is 4.57 Å². The van der Waals surface area contributed by atoms with Gasteiger partial charge in [-0.3, -0.25) is 4.57 Å². The molecule has 11 nitrogen and oxygen atoms in total. The third-order valence-corrected chi connectivity index (χ3v) is 8.90. The molecule has 0 spiro atoms. The Hall–Kier alpha value is -3.75. The minimum atomic E-state index is -3.70. The molecule has 4 aromatic rings. The molecule has 0 radical (unpaired) electrons. The Morgan fingerprint density at radius 1 is 0.886 bits per heavy atom. The molecule has 2 saturated heterocycles. The lowest BCUT2D eigenvalue weighted by atomic mass is 10.0. The Labute approximate surface area is 254 Å². The summed E-state index contributed by atoms with van der Waals surface area (Å²) < 4.78 is 68.1. The number of ether oxygens (including phenoxy) is 2. The molecule has 1 unspecified atom stereocenters. The number of sulfone groups is 1. The average Bonchev–Trinajstić information content (AvgIpc) is 3.37. The molecule has 1 aromatic carbocycles. The molecule has 6 rings (SSSR count). The molecule has 234 valence electrons. The minimum Gasteiger partial charge on any atom is -0.374 e. The van der Waals surface area contributed by atoms with Gasteiger partial charge in [0.25, 0.3) is 6.43 Å². The molecule has 2 N–H and O–H groups in total. The number of halogens is 2. The zero-order valence-corrected chi connectivity index (χ0v) is 25.6. The van der Waals surface area contributed by atoms with Crippen LogP contribution in [0.2, 0.25) is 0 Å². The van der Waals surface area contributed by atoms with E-state index in [1.807, 2.05) is 13.0 Å². The van der Waals surface area contributed by atoms with E-state index in [1.54, 1.807) is 31.2 Å². The Bertz CT molecular complexity index is 1770. The van der Waals surface area contributed by atoms with Gasteiger partial charge in [-0.1, -0.05) is 6.07 Å². The number of aryl methyl sites for hydroxylation is 2. The number of benzene rings is 1. The largest absolute Gasteiger partial charge is 0.374 e. The maximum absolute atomic E-state index is 14.4. The van der Waals surface area contributed by atoms with Crippen LogP contribution in [0, 0.1) is 13.8 Å². The van der Waals surface area contributed by atoms with Crippen LogP contribution in [-0.4, -0.2) is 52.4 Å². The topological polar surface area (TPSA) is 133 Å². The van der Waals surface area contributed by atoms with Crippen LogP contribution in [0.1, 0.15) is 80.2 Å². The highest BCUT2D eigenvalue weighted by atomic mass is 32.2. The Balaban J connectivity index is 1.50. The van der Waals surface area contributed by atoms with Gasteiger partial charge < -0.3 is 20.1 Å². The van der Waals surface area contributed by atoms with Crippen molar-refractivity contribution in [1.29, 1.82) is 0 Å². The number of hydrogen-bond acceptors (Lipinski definition) is 10. The first-order valence-electron chi connectivity index (χ1n) is 14.7. The summed E-state index contributed by atoms with van der Waals surface area (Å²) >= 11 is 0. The molecule has 2 fully saturated rings. The Kier molecular flexibility index (Phi) is 8.49. The summed E-state index contributed by atoms with van der Waals surface area (Å²) in [5.41, 5.74) is 2.42. The van der Waals surface area contributed by atoms with Crippen molar-refractivity contribution < 1.29 is 26.7 Å². The van der Waals surface area contributed by atoms with Crippen molar-refractivity contribution in [2.45, 2.75) is 76.0 Å². The summed E-state index contributed by atoms with van der Waals surface area (Å²) in [5.74, 6) is 0.841. The fourth-order valence-corrected chi connectivity index (χ4v) is 6.68. The van der Waals surface area contributed by atoms with E-state index in [2.05, 4.69) is 25.6 Å². The third-order valence-electron chi connectivity index (χ3n) is 7.76. The van der Waals surface area contributed by atoms with Crippen molar-refractivity contribution in [3.63, 3.8) is 0 Å². The van der Waals surface area contributed by atoms with Crippen LogP contribution in [0.15, 0.2) is 35.2 Å². The summed E-state index contributed by atoms with van der Waals surface area (Å²) in [5, 5.41) is 6.35. The lowest BCUT2D eigenvalue weighted by Crippen LogP contribution is -2.20. The summed E-state index contributed by atoms with van der Waals surface area (Å²) in [6.07, 6.45) is 2.32.